The predicted molar refractivity (Wildman–Crippen MR) is 252 cm³/mol. The molecule has 0 unspecified atom stereocenters. The largest absolute Gasteiger partial charge is 1.00 e. The van der Waals surface area contributed by atoms with Gasteiger partial charge < -0.3 is 16.9 Å². The first-order chi connectivity index (χ1) is 29.6. The number of halogens is 1. The van der Waals surface area contributed by atoms with Crippen molar-refractivity contribution in [2.75, 3.05) is 6.54 Å². The molecule has 0 atom stereocenters. The second-order valence-corrected chi connectivity index (χ2v) is 17.0. The zero-order chi connectivity index (χ0) is 40.8. The number of rotatable bonds is 19. The standard InChI is InChI=1S/C59H58N.ClH/c1-9-25-50(26-10-1)41-42-60(49-57-39-23-8-24-40-57,58(43-51-27-11-2-12-28-51,44-52-29-13-3-14-30-52)45-53-31-15-4-16-32-53)59(46-54-33-17-5-18-34-54,47-55-35-19-6-20-36-55)48-56-37-21-7-22-38-56;/h1-40H,41-49H2;1H/q+1;/p-1. The van der Waals surface area contributed by atoms with E-state index >= 15 is 0 Å². The van der Waals surface area contributed by atoms with Crippen LogP contribution in [0, 0.1) is 0 Å². The third-order valence-corrected chi connectivity index (χ3v) is 13.0. The molecule has 8 rings (SSSR count). The Kier molecular flexibility index (Phi) is 14.8. The first kappa shape index (κ1) is 43.1. The van der Waals surface area contributed by atoms with E-state index in [1.165, 1.54) is 44.5 Å². The topological polar surface area (TPSA) is 0 Å². The van der Waals surface area contributed by atoms with Crippen LogP contribution in [0.5, 0.6) is 0 Å². The molecule has 0 saturated heterocycles. The minimum atomic E-state index is -0.326. The Bertz CT molecular complexity index is 2090. The molecule has 0 heterocycles. The van der Waals surface area contributed by atoms with Crippen molar-refractivity contribution in [2.45, 2.75) is 62.6 Å². The minimum Gasteiger partial charge on any atom is -1.00 e. The molecule has 0 bridgehead atoms. The predicted octanol–water partition coefficient (Wildman–Crippen LogP) is 10.2. The van der Waals surface area contributed by atoms with Gasteiger partial charge in [-0.05, 0) is 38.9 Å². The second kappa shape index (κ2) is 21.0. The van der Waals surface area contributed by atoms with Gasteiger partial charge in [0.15, 0.2) is 0 Å². The lowest BCUT2D eigenvalue weighted by Crippen LogP contribution is -3.00. The summed E-state index contributed by atoms with van der Waals surface area (Å²) in [5.74, 6) is 0. The maximum atomic E-state index is 2.39. The van der Waals surface area contributed by atoms with Gasteiger partial charge in [0.25, 0.3) is 0 Å². The summed E-state index contributed by atoms with van der Waals surface area (Å²) >= 11 is 0. The molecule has 2 heteroatoms. The van der Waals surface area contributed by atoms with Gasteiger partial charge in [-0.1, -0.05) is 243 Å². The Morgan fingerprint density at radius 1 is 0.246 bits per heavy atom. The van der Waals surface area contributed by atoms with Crippen LogP contribution in [0.2, 0.25) is 0 Å². The van der Waals surface area contributed by atoms with Crippen LogP contribution in [0.4, 0.5) is 0 Å². The zero-order valence-electron chi connectivity index (χ0n) is 35.3. The first-order valence-corrected chi connectivity index (χ1v) is 21.8. The van der Waals surface area contributed by atoms with Gasteiger partial charge in [0, 0.05) is 50.5 Å². The molecule has 8 aromatic carbocycles. The van der Waals surface area contributed by atoms with Crippen molar-refractivity contribution in [3.8, 4) is 0 Å². The fourth-order valence-corrected chi connectivity index (χ4v) is 10.4. The molecule has 0 aromatic heterocycles. The molecule has 1 nitrogen and oxygen atoms in total. The van der Waals surface area contributed by atoms with Crippen LogP contribution >= 0.6 is 0 Å². The zero-order valence-corrected chi connectivity index (χ0v) is 36.0. The van der Waals surface area contributed by atoms with Gasteiger partial charge in [-0.15, -0.1) is 0 Å². The van der Waals surface area contributed by atoms with Crippen molar-refractivity contribution in [1.82, 2.24) is 0 Å². The van der Waals surface area contributed by atoms with Crippen LogP contribution in [0.1, 0.15) is 44.5 Å². The average Bonchev–Trinajstić information content (AvgIpc) is 3.30. The molecular formula is C59H58ClN. The summed E-state index contributed by atoms with van der Waals surface area (Å²) in [4.78, 5) is 0. The lowest BCUT2D eigenvalue weighted by Gasteiger charge is -2.64. The van der Waals surface area contributed by atoms with E-state index in [0.29, 0.717) is 0 Å². The summed E-state index contributed by atoms with van der Waals surface area (Å²) in [5, 5.41) is 0. The van der Waals surface area contributed by atoms with Crippen molar-refractivity contribution in [1.29, 1.82) is 0 Å². The Morgan fingerprint density at radius 3 is 0.672 bits per heavy atom. The Morgan fingerprint density at radius 2 is 0.443 bits per heavy atom. The number of hydrogen-bond donors (Lipinski definition) is 0. The monoisotopic (exact) mass is 815 g/mol. The summed E-state index contributed by atoms with van der Waals surface area (Å²) in [7, 11) is 0. The van der Waals surface area contributed by atoms with Crippen LogP contribution in [0.25, 0.3) is 0 Å². The highest BCUT2D eigenvalue weighted by molar-refractivity contribution is 5.31. The summed E-state index contributed by atoms with van der Waals surface area (Å²) in [5.41, 5.74) is 10.4. The Hall–Kier alpha value is -5.99. The van der Waals surface area contributed by atoms with Crippen LogP contribution in [0.15, 0.2) is 243 Å². The van der Waals surface area contributed by atoms with Gasteiger partial charge in [-0.25, -0.2) is 0 Å². The maximum Gasteiger partial charge on any atom is 0.112 e. The van der Waals surface area contributed by atoms with E-state index in [1.807, 2.05) is 0 Å². The molecule has 0 amide bonds. The first-order valence-electron chi connectivity index (χ1n) is 21.8. The molecule has 0 fully saturated rings. The quantitative estimate of drug-likeness (QED) is 0.0714. The van der Waals surface area contributed by atoms with Gasteiger partial charge in [-0.2, -0.15) is 0 Å². The highest BCUT2D eigenvalue weighted by Gasteiger charge is 2.61. The van der Waals surface area contributed by atoms with E-state index in [4.69, 9.17) is 0 Å². The number of nitrogens with zero attached hydrogens (tertiary/aromatic N) is 1. The molecule has 0 aliphatic rings. The van der Waals surface area contributed by atoms with E-state index in [2.05, 4.69) is 243 Å². The van der Waals surface area contributed by atoms with Crippen molar-refractivity contribution in [3.05, 3.63) is 287 Å². The highest BCUT2D eigenvalue weighted by atomic mass is 35.5. The average molecular weight is 817 g/mol. The normalized spacial score (nSPS) is 11.7. The fraction of sp³-hybridized carbons (Fsp3) is 0.186. The molecule has 0 N–H and O–H groups in total. The van der Waals surface area contributed by atoms with Gasteiger partial charge in [0.05, 0.1) is 6.54 Å². The van der Waals surface area contributed by atoms with Crippen molar-refractivity contribution in [2.24, 2.45) is 0 Å². The van der Waals surface area contributed by atoms with E-state index in [9.17, 15) is 0 Å². The number of quaternary nitrogens is 1. The van der Waals surface area contributed by atoms with E-state index < -0.39 is 0 Å². The molecule has 0 saturated carbocycles. The SMILES string of the molecule is [Cl-].c1ccc(CC[N+](Cc2ccccc2)(C(Cc2ccccc2)(Cc2ccccc2)Cc2ccccc2)C(Cc2ccccc2)(Cc2ccccc2)Cc2ccccc2)cc1. The molecule has 306 valence electrons. The molecule has 61 heavy (non-hydrogen) atoms. The molecule has 0 radical (unpaired) electrons. The van der Waals surface area contributed by atoms with E-state index in [0.717, 1.165) is 62.5 Å². The highest BCUT2D eigenvalue weighted by Crippen LogP contribution is 2.49. The van der Waals surface area contributed by atoms with Crippen molar-refractivity contribution < 1.29 is 16.9 Å². The smallest absolute Gasteiger partial charge is 0.112 e. The van der Waals surface area contributed by atoms with Crippen molar-refractivity contribution in [3.63, 3.8) is 0 Å². The van der Waals surface area contributed by atoms with E-state index in [1.54, 1.807) is 0 Å². The van der Waals surface area contributed by atoms with Crippen molar-refractivity contribution >= 4 is 0 Å². The van der Waals surface area contributed by atoms with Crippen LogP contribution < -0.4 is 12.4 Å². The molecule has 8 aromatic rings. The molecule has 0 aliphatic heterocycles. The van der Waals surface area contributed by atoms with Crippen LogP contribution in [0.3, 0.4) is 0 Å². The van der Waals surface area contributed by atoms with Gasteiger partial charge >= 0.3 is 0 Å². The minimum absolute atomic E-state index is 0. The lowest BCUT2D eigenvalue weighted by atomic mass is 9.67. The molecular weight excluding hydrogens is 758 g/mol. The van der Waals surface area contributed by atoms with E-state index in [-0.39, 0.29) is 23.5 Å². The lowest BCUT2D eigenvalue weighted by molar-refractivity contribution is -1.03. The second-order valence-electron chi connectivity index (χ2n) is 17.0. The van der Waals surface area contributed by atoms with Crippen LogP contribution in [-0.2, 0) is 51.5 Å². The van der Waals surface area contributed by atoms with Gasteiger partial charge in [0.2, 0.25) is 0 Å². The Labute approximate surface area is 371 Å². The maximum absolute atomic E-state index is 2.39. The molecule has 0 spiro atoms. The third kappa shape index (κ3) is 10.7. The summed E-state index contributed by atoms with van der Waals surface area (Å²) in [6, 6.07) is 91.3. The van der Waals surface area contributed by atoms with Gasteiger partial charge in [-0.3, -0.25) is 0 Å². The Balaban J connectivity index is 0.00000561. The summed E-state index contributed by atoms with van der Waals surface area (Å²) < 4.78 is 0.871. The fourth-order valence-electron chi connectivity index (χ4n) is 10.4. The molecule has 0 aliphatic carbocycles. The summed E-state index contributed by atoms with van der Waals surface area (Å²) in [6.07, 6.45) is 6.45. The summed E-state index contributed by atoms with van der Waals surface area (Å²) in [6.45, 7) is 1.84. The number of benzene rings is 8. The third-order valence-electron chi connectivity index (χ3n) is 13.0. The number of hydrogen-bond acceptors (Lipinski definition) is 0. The van der Waals surface area contributed by atoms with Crippen LogP contribution in [-0.4, -0.2) is 22.1 Å². The van der Waals surface area contributed by atoms with Gasteiger partial charge in [0.1, 0.15) is 17.6 Å².